The van der Waals surface area contributed by atoms with Crippen LogP contribution >= 0.6 is 0 Å². The maximum absolute atomic E-state index is 5.83. The van der Waals surface area contributed by atoms with Gasteiger partial charge in [0.05, 0.1) is 12.3 Å². The molecule has 1 aromatic carbocycles. The van der Waals surface area contributed by atoms with E-state index in [1.165, 1.54) is 5.56 Å². The second kappa shape index (κ2) is 6.97. The van der Waals surface area contributed by atoms with Crippen LogP contribution in [0.4, 0.5) is 5.69 Å². The fourth-order valence-electron chi connectivity index (χ4n) is 1.85. The molecule has 0 aliphatic carbocycles. The number of rotatable bonds is 6. The molecule has 0 aliphatic heterocycles. The zero-order valence-corrected chi connectivity index (χ0v) is 12.8. The monoisotopic (exact) mass is 286 g/mol. The topological polar surface area (TPSA) is 57.4 Å². The predicted octanol–water partition coefficient (Wildman–Crippen LogP) is 4.37. The Morgan fingerprint density at radius 3 is 2.43 bits per heavy atom. The van der Waals surface area contributed by atoms with Gasteiger partial charge in [0, 0.05) is 6.07 Å². The van der Waals surface area contributed by atoms with Crippen LogP contribution in [-0.4, -0.2) is 11.6 Å². The van der Waals surface area contributed by atoms with Crippen LogP contribution < -0.4 is 15.2 Å². The van der Waals surface area contributed by atoms with Crippen molar-refractivity contribution >= 4 is 5.69 Å². The molecule has 112 valence electrons. The number of nitrogens with two attached hydrogens (primary N) is 1. The van der Waals surface area contributed by atoms with Crippen LogP contribution in [0.25, 0.3) is 0 Å². The summed E-state index contributed by atoms with van der Waals surface area (Å²) in [6.07, 6.45) is 0.906. The molecule has 21 heavy (non-hydrogen) atoms. The molecule has 0 atom stereocenters. The summed E-state index contributed by atoms with van der Waals surface area (Å²) in [5.74, 6) is 2.15. The van der Waals surface area contributed by atoms with E-state index in [4.69, 9.17) is 15.2 Å². The molecule has 0 unspecified atom stereocenters. The normalized spacial score (nSPS) is 10.7. The standard InChI is InChI=1S/C17H22N2O2/c1-4-11-20-17-15(18)9-10-16(19-17)21-14-7-5-13(6-8-14)12(2)3/h5-10,12H,4,11,18H2,1-3H3. The minimum Gasteiger partial charge on any atom is -0.476 e. The van der Waals surface area contributed by atoms with Gasteiger partial charge in [-0.15, -0.1) is 0 Å². The zero-order chi connectivity index (χ0) is 15.2. The van der Waals surface area contributed by atoms with Gasteiger partial charge in [0.2, 0.25) is 11.8 Å². The molecule has 2 aromatic rings. The Hall–Kier alpha value is -2.23. The fourth-order valence-corrected chi connectivity index (χ4v) is 1.85. The Balaban J connectivity index is 2.11. The largest absolute Gasteiger partial charge is 0.476 e. The summed E-state index contributed by atoms with van der Waals surface area (Å²) in [4.78, 5) is 4.29. The minimum absolute atomic E-state index is 0.424. The van der Waals surface area contributed by atoms with Crippen molar-refractivity contribution in [1.82, 2.24) is 4.98 Å². The van der Waals surface area contributed by atoms with Crippen molar-refractivity contribution < 1.29 is 9.47 Å². The van der Waals surface area contributed by atoms with Crippen LogP contribution in [0.2, 0.25) is 0 Å². The average Bonchev–Trinajstić information content (AvgIpc) is 2.48. The lowest BCUT2D eigenvalue weighted by Gasteiger charge is -2.10. The lowest BCUT2D eigenvalue weighted by Crippen LogP contribution is -2.02. The number of pyridine rings is 1. The summed E-state index contributed by atoms with van der Waals surface area (Å²) in [5.41, 5.74) is 7.63. The molecule has 4 heteroatoms. The number of ether oxygens (including phenoxy) is 2. The van der Waals surface area contributed by atoms with Crippen molar-refractivity contribution in [3.63, 3.8) is 0 Å². The highest BCUT2D eigenvalue weighted by atomic mass is 16.5. The van der Waals surface area contributed by atoms with Crippen LogP contribution in [0, 0.1) is 0 Å². The number of nitrogens with zero attached hydrogens (tertiary/aromatic N) is 1. The predicted molar refractivity (Wildman–Crippen MR) is 85.0 cm³/mol. The number of hydrogen-bond acceptors (Lipinski definition) is 4. The summed E-state index contributed by atoms with van der Waals surface area (Å²) in [6.45, 7) is 6.94. The maximum Gasteiger partial charge on any atom is 0.240 e. The second-order valence-corrected chi connectivity index (χ2v) is 5.22. The summed E-state index contributed by atoms with van der Waals surface area (Å²) in [6, 6.07) is 11.5. The molecule has 0 saturated carbocycles. The van der Waals surface area contributed by atoms with Gasteiger partial charge in [-0.2, -0.15) is 4.98 Å². The molecule has 0 radical (unpaired) electrons. The van der Waals surface area contributed by atoms with Crippen LogP contribution in [0.1, 0.15) is 38.7 Å². The Labute approximate surface area is 125 Å². The van der Waals surface area contributed by atoms with Crippen molar-refractivity contribution in [2.75, 3.05) is 12.3 Å². The Morgan fingerprint density at radius 2 is 1.81 bits per heavy atom. The third kappa shape index (κ3) is 4.12. The number of hydrogen-bond donors (Lipinski definition) is 1. The quantitative estimate of drug-likeness (QED) is 0.856. The molecular weight excluding hydrogens is 264 g/mol. The van der Waals surface area contributed by atoms with Gasteiger partial charge in [-0.25, -0.2) is 0 Å². The third-order valence-electron chi connectivity index (χ3n) is 3.08. The van der Waals surface area contributed by atoms with Crippen molar-refractivity contribution in [2.24, 2.45) is 0 Å². The van der Waals surface area contributed by atoms with E-state index in [-0.39, 0.29) is 0 Å². The third-order valence-corrected chi connectivity index (χ3v) is 3.08. The van der Waals surface area contributed by atoms with Gasteiger partial charge < -0.3 is 15.2 Å². The van der Waals surface area contributed by atoms with Crippen LogP contribution in [0.3, 0.4) is 0 Å². The first kappa shape index (κ1) is 15.2. The molecule has 0 fully saturated rings. The summed E-state index contributed by atoms with van der Waals surface area (Å²) in [7, 11) is 0. The van der Waals surface area contributed by atoms with Gasteiger partial charge in [0.15, 0.2) is 0 Å². The molecule has 0 bridgehead atoms. The molecular formula is C17H22N2O2. The number of anilines is 1. The van der Waals surface area contributed by atoms with Gasteiger partial charge in [-0.1, -0.05) is 32.9 Å². The lowest BCUT2D eigenvalue weighted by molar-refractivity contribution is 0.302. The van der Waals surface area contributed by atoms with Crippen molar-refractivity contribution in [3.05, 3.63) is 42.0 Å². The van der Waals surface area contributed by atoms with E-state index in [1.54, 1.807) is 12.1 Å². The molecule has 0 spiro atoms. The van der Waals surface area contributed by atoms with Gasteiger partial charge in [-0.05, 0) is 36.1 Å². The minimum atomic E-state index is 0.424. The van der Waals surface area contributed by atoms with E-state index in [1.807, 2.05) is 19.1 Å². The Morgan fingerprint density at radius 1 is 1.10 bits per heavy atom. The van der Waals surface area contributed by atoms with E-state index >= 15 is 0 Å². The fraction of sp³-hybridized carbons (Fsp3) is 0.353. The van der Waals surface area contributed by atoms with E-state index in [2.05, 4.69) is 31.0 Å². The van der Waals surface area contributed by atoms with Crippen molar-refractivity contribution in [2.45, 2.75) is 33.1 Å². The molecule has 1 heterocycles. The average molecular weight is 286 g/mol. The van der Waals surface area contributed by atoms with Crippen LogP contribution in [0.15, 0.2) is 36.4 Å². The molecule has 4 nitrogen and oxygen atoms in total. The summed E-state index contributed by atoms with van der Waals surface area (Å²) >= 11 is 0. The van der Waals surface area contributed by atoms with E-state index in [0.717, 1.165) is 12.2 Å². The number of benzene rings is 1. The second-order valence-electron chi connectivity index (χ2n) is 5.22. The molecule has 0 aliphatic rings. The molecule has 2 rings (SSSR count). The number of aromatic nitrogens is 1. The highest BCUT2D eigenvalue weighted by Crippen LogP contribution is 2.27. The van der Waals surface area contributed by atoms with Crippen LogP contribution in [-0.2, 0) is 0 Å². The first-order valence-electron chi connectivity index (χ1n) is 7.27. The van der Waals surface area contributed by atoms with Gasteiger partial charge in [-0.3, -0.25) is 0 Å². The van der Waals surface area contributed by atoms with E-state index < -0.39 is 0 Å². The molecule has 0 saturated heterocycles. The number of nitrogen functional groups attached to an aromatic ring is 1. The maximum atomic E-state index is 5.83. The SMILES string of the molecule is CCCOc1nc(Oc2ccc(C(C)C)cc2)ccc1N. The lowest BCUT2D eigenvalue weighted by atomic mass is 10.0. The first-order chi connectivity index (χ1) is 10.1. The summed E-state index contributed by atoms with van der Waals surface area (Å²) in [5, 5.41) is 0. The van der Waals surface area contributed by atoms with Gasteiger partial charge in [0.25, 0.3) is 0 Å². The summed E-state index contributed by atoms with van der Waals surface area (Å²) < 4.78 is 11.2. The molecule has 1 aromatic heterocycles. The highest BCUT2D eigenvalue weighted by molar-refractivity contribution is 5.49. The van der Waals surface area contributed by atoms with Gasteiger partial charge >= 0.3 is 0 Å². The van der Waals surface area contributed by atoms with Crippen molar-refractivity contribution in [1.29, 1.82) is 0 Å². The van der Waals surface area contributed by atoms with E-state index in [9.17, 15) is 0 Å². The zero-order valence-electron chi connectivity index (χ0n) is 12.8. The molecule has 0 amide bonds. The Bertz CT molecular complexity index is 580. The van der Waals surface area contributed by atoms with Crippen molar-refractivity contribution in [3.8, 4) is 17.5 Å². The van der Waals surface area contributed by atoms with Crippen LogP contribution in [0.5, 0.6) is 17.5 Å². The smallest absolute Gasteiger partial charge is 0.240 e. The first-order valence-corrected chi connectivity index (χ1v) is 7.27. The highest BCUT2D eigenvalue weighted by Gasteiger charge is 2.06. The molecule has 2 N–H and O–H groups in total. The Kier molecular flexibility index (Phi) is 5.04. The van der Waals surface area contributed by atoms with Gasteiger partial charge in [0.1, 0.15) is 5.75 Å². The van der Waals surface area contributed by atoms with E-state index in [0.29, 0.717) is 30.0 Å².